The van der Waals surface area contributed by atoms with Gasteiger partial charge in [-0.1, -0.05) is 80.4 Å². The van der Waals surface area contributed by atoms with E-state index < -0.39 is 0 Å². The van der Waals surface area contributed by atoms with E-state index in [1.54, 1.807) is 0 Å². The highest BCUT2D eigenvalue weighted by molar-refractivity contribution is 5.67. The normalized spacial score (nSPS) is 10.7. The smallest absolute Gasteiger partial charge is 0.407 e. The summed E-state index contributed by atoms with van der Waals surface area (Å²) in [6.07, 6.45) is 4.16. The predicted molar refractivity (Wildman–Crippen MR) is 110 cm³/mol. The Balaban J connectivity index is 1.47. The maximum absolute atomic E-state index is 11.7. The molecule has 0 spiro atoms. The number of carbonyl (C=O) groups is 1. The summed E-state index contributed by atoms with van der Waals surface area (Å²) in [6, 6.07) is 20.4. The highest BCUT2D eigenvalue weighted by Crippen LogP contribution is 2.07. The predicted octanol–water partition coefficient (Wildman–Crippen LogP) is 5.00. The standard InChI is InChI=1S/C23H32N2O2/c1-2-25(19-21-13-7-5-8-14-21)18-12-4-3-11-17-24-23(26)27-20-22-15-9-6-10-16-22/h5-10,13-16H,2-4,11-12,17-20H2,1H3,(H,24,26). The lowest BCUT2D eigenvalue weighted by molar-refractivity contribution is 0.139. The molecule has 27 heavy (non-hydrogen) atoms. The summed E-state index contributed by atoms with van der Waals surface area (Å²) in [5.41, 5.74) is 2.38. The van der Waals surface area contributed by atoms with Crippen LogP contribution < -0.4 is 5.32 Å². The van der Waals surface area contributed by atoms with Crippen LogP contribution in [-0.4, -0.2) is 30.6 Å². The number of hydrogen-bond acceptors (Lipinski definition) is 3. The zero-order chi connectivity index (χ0) is 19.2. The fourth-order valence-corrected chi connectivity index (χ4v) is 2.97. The Morgan fingerprint density at radius 3 is 2.19 bits per heavy atom. The lowest BCUT2D eigenvalue weighted by atomic mass is 10.1. The number of carbonyl (C=O) groups excluding carboxylic acids is 1. The number of ether oxygens (including phenoxy) is 1. The van der Waals surface area contributed by atoms with Crippen molar-refractivity contribution in [3.8, 4) is 0 Å². The van der Waals surface area contributed by atoms with E-state index in [-0.39, 0.29) is 6.09 Å². The van der Waals surface area contributed by atoms with Gasteiger partial charge in [-0.25, -0.2) is 4.79 Å². The fraction of sp³-hybridized carbons (Fsp3) is 0.435. The molecule has 2 aromatic carbocycles. The fourth-order valence-electron chi connectivity index (χ4n) is 2.97. The highest BCUT2D eigenvalue weighted by atomic mass is 16.5. The van der Waals surface area contributed by atoms with E-state index in [1.807, 2.05) is 30.3 Å². The number of rotatable bonds is 12. The Morgan fingerprint density at radius 2 is 1.52 bits per heavy atom. The molecule has 4 nitrogen and oxygen atoms in total. The van der Waals surface area contributed by atoms with E-state index in [0.29, 0.717) is 13.2 Å². The Labute approximate surface area is 163 Å². The molecule has 0 saturated carbocycles. The molecule has 0 bridgehead atoms. The lowest BCUT2D eigenvalue weighted by Gasteiger charge is -2.20. The van der Waals surface area contributed by atoms with Crippen molar-refractivity contribution in [3.63, 3.8) is 0 Å². The average molecular weight is 369 g/mol. The SMILES string of the molecule is CCN(CCCCCCNC(=O)OCc1ccccc1)Cc1ccccc1. The number of unbranched alkanes of at least 4 members (excludes halogenated alkanes) is 3. The van der Waals surface area contributed by atoms with E-state index in [9.17, 15) is 4.79 Å². The van der Waals surface area contributed by atoms with E-state index >= 15 is 0 Å². The van der Waals surface area contributed by atoms with Gasteiger partial charge >= 0.3 is 6.09 Å². The molecule has 146 valence electrons. The quantitative estimate of drug-likeness (QED) is 0.536. The first-order chi connectivity index (χ1) is 13.3. The monoisotopic (exact) mass is 368 g/mol. The van der Waals surface area contributed by atoms with Gasteiger partial charge in [0.15, 0.2) is 0 Å². The number of nitrogens with one attached hydrogen (secondary N) is 1. The number of nitrogens with zero attached hydrogens (tertiary/aromatic N) is 1. The van der Waals surface area contributed by atoms with Crippen LogP contribution in [0.1, 0.15) is 43.7 Å². The van der Waals surface area contributed by atoms with Crippen molar-refractivity contribution in [2.75, 3.05) is 19.6 Å². The molecule has 0 saturated heterocycles. The maximum Gasteiger partial charge on any atom is 0.407 e. The van der Waals surface area contributed by atoms with Crippen LogP contribution in [0.5, 0.6) is 0 Å². The van der Waals surface area contributed by atoms with Crippen molar-refractivity contribution < 1.29 is 9.53 Å². The molecule has 0 unspecified atom stereocenters. The third kappa shape index (κ3) is 9.25. The molecular formula is C23H32N2O2. The zero-order valence-electron chi connectivity index (χ0n) is 16.4. The topological polar surface area (TPSA) is 41.6 Å². The minimum absolute atomic E-state index is 0.320. The number of hydrogen-bond donors (Lipinski definition) is 1. The Hall–Kier alpha value is -2.33. The van der Waals surface area contributed by atoms with Crippen LogP contribution in [0.4, 0.5) is 4.79 Å². The molecule has 2 aromatic rings. The molecule has 0 aliphatic heterocycles. The van der Waals surface area contributed by atoms with Gasteiger partial charge in [0.25, 0.3) is 0 Å². The van der Waals surface area contributed by atoms with Crippen LogP contribution in [-0.2, 0) is 17.9 Å². The molecule has 0 heterocycles. The van der Waals surface area contributed by atoms with Crippen molar-refractivity contribution in [1.82, 2.24) is 10.2 Å². The molecule has 1 amide bonds. The summed E-state index contributed by atoms with van der Waals surface area (Å²) >= 11 is 0. The summed E-state index contributed by atoms with van der Waals surface area (Å²) in [5, 5.41) is 2.82. The Bertz CT molecular complexity index is 631. The maximum atomic E-state index is 11.7. The molecule has 0 atom stereocenters. The van der Waals surface area contributed by atoms with Crippen LogP contribution in [0.3, 0.4) is 0 Å². The second kappa shape index (κ2) is 12.9. The summed E-state index contributed by atoms with van der Waals surface area (Å²) in [7, 11) is 0. The third-order valence-electron chi connectivity index (χ3n) is 4.58. The molecule has 1 N–H and O–H groups in total. The van der Waals surface area contributed by atoms with Gasteiger partial charge in [-0.2, -0.15) is 0 Å². The molecule has 4 heteroatoms. The van der Waals surface area contributed by atoms with Crippen LogP contribution in [0.2, 0.25) is 0 Å². The first-order valence-electron chi connectivity index (χ1n) is 9.98. The Morgan fingerprint density at radius 1 is 0.889 bits per heavy atom. The van der Waals surface area contributed by atoms with Crippen molar-refractivity contribution >= 4 is 6.09 Å². The van der Waals surface area contributed by atoms with Gasteiger partial charge in [0, 0.05) is 13.1 Å². The van der Waals surface area contributed by atoms with E-state index in [2.05, 4.69) is 47.5 Å². The van der Waals surface area contributed by atoms with Gasteiger partial charge in [-0.15, -0.1) is 0 Å². The van der Waals surface area contributed by atoms with Gasteiger partial charge in [0.05, 0.1) is 0 Å². The molecule has 0 fully saturated rings. The van der Waals surface area contributed by atoms with Gasteiger partial charge in [-0.3, -0.25) is 4.90 Å². The summed E-state index contributed by atoms with van der Waals surface area (Å²) in [4.78, 5) is 14.1. The molecule has 0 aliphatic carbocycles. The molecular weight excluding hydrogens is 336 g/mol. The van der Waals surface area contributed by atoms with Gasteiger partial charge in [0.2, 0.25) is 0 Å². The lowest BCUT2D eigenvalue weighted by Crippen LogP contribution is -2.25. The summed E-state index contributed by atoms with van der Waals surface area (Å²) < 4.78 is 5.20. The molecule has 0 radical (unpaired) electrons. The van der Waals surface area contributed by atoms with Gasteiger partial charge < -0.3 is 10.1 Å². The molecule has 2 rings (SSSR count). The van der Waals surface area contributed by atoms with Crippen LogP contribution in [0, 0.1) is 0 Å². The average Bonchev–Trinajstić information content (AvgIpc) is 2.72. The molecule has 0 aromatic heterocycles. The van der Waals surface area contributed by atoms with E-state index in [4.69, 9.17) is 4.74 Å². The summed E-state index contributed by atoms with van der Waals surface area (Å²) in [5.74, 6) is 0. The first kappa shape index (κ1) is 21.0. The van der Waals surface area contributed by atoms with Crippen LogP contribution >= 0.6 is 0 Å². The number of alkyl carbamates (subject to hydrolysis) is 1. The number of amides is 1. The highest BCUT2D eigenvalue weighted by Gasteiger charge is 2.04. The van der Waals surface area contributed by atoms with Gasteiger partial charge in [-0.05, 0) is 37.1 Å². The Kier molecular flexibility index (Phi) is 10.0. The largest absolute Gasteiger partial charge is 0.445 e. The minimum atomic E-state index is -0.334. The van der Waals surface area contributed by atoms with Crippen molar-refractivity contribution in [3.05, 3.63) is 71.8 Å². The van der Waals surface area contributed by atoms with E-state index in [1.165, 1.54) is 18.4 Å². The van der Waals surface area contributed by atoms with E-state index in [0.717, 1.165) is 38.0 Å². The van der Waals surface area contributed by atoms with Crippen LogP contribution in [0.25, 0.3) is 0 Å². The first-order valence-corrected chi connectivity index (χ1v) is 9.98. The molecule has 0 aliphatic rings. The summed E-state index contributed by atoms with van der Waals surface area (Å²) in [6.45, 7) is 6.43. The number of benzene rings is 2. The van der Waals surface area contributed by atoms with Crippen molar-refractivity contribution in [2.24, 2.45) is 0 Å². The van der Waals surface area contributed by atoms with Gasteiger partial charge in [0.1, 0.15) is 6.61 Å². The third-order valence-corrected chi connectivity index (χ3v) is 4.58. The second-order valence-corrected chi connectivity index (χ2v) is 6.76. The second-order valence-electron chi connectivity index (χ2n) is 6.76. The van der Waals surface area contributed by atoms with Crippen LogP contribution in [0.15, 0.2) is 60.7 Å². The van der Waals surface area contributed by atoms with Crippen molar-refractivity contribution in [2.45, 2.75) is 45.8 Å². The zero-order valence-corrected chi connectivity index (χ0v) is 16.4. The minimum Gasteiger partial charge on any atom is -0.445 e. The van der Waals surface area contributed by atoms with Crippen molar-refractivity contribution in [1.29, 1.82) is 0 Å².